The lowest BCUT2D eigenvalue weighted by Gasteiger charge is -2.45. The predicted molar refractivity (Wildman–Crippen MR) is 134 cm³/mol. The van der Waals surface area contributed by atoms with Gasteiger partial charge in [-0.25, -0.2) is 9.37 Å². The van der Waals surface area contributed by atoms with E-state index in [2.05, 4.69) is 4.98 Å². The summed E-state index contributed by atoms with van der Waals surface area (Å²) in [6, 6.07) is 6.17. The third-order valence-electron chi connectivity index (χ3n) is 7.02. The van der Waals surface area contributed by atoms with Gasteiger partial charge in [-0.1, -0.05) is 12.1 Å². The largest absolute Gasteiger partial charge is 0.503 e. The first-order valence-corrected chi connectivity index (χ1v) is 12.8. The number of aromatic hydroxyl groups is 1. The Morgan fingerprint density at radius 1 is 1.19 bits per heavy atom. The van der Waals surface area contributed by atoms with Gasteiger partial charge >= 0.3 is 0 Å². The Morgan fingerprint density at radius 3 is 2.56 bits per heavy atom. The van der Waals surface area contributed by atoms with Crippen LogP contribution in [0.5, 0.6) is 5.75 Å². The van der Waals surface area contributed by atoms with Crippen LogP contribution in [-0.2, 0) is 17.8 Å². The van der Waals surface area contributed by atoms with Crippen LogP contribution in [0.2, 0.25) is 0 Å². The molecule has 3 aromatic rings. The monoisotopic (exact) mass is 510 g/mol. The van der Waals surface area contributed by atoms with Crippen molar-refractivity contribution in [2.24, 2.45) is 0 Å². The number of carbonyl (C=O) groups is 2. The van der Waals surface area contributed by atoms with E-state index in [4.69, 9.17) is 0 Å². The molecule has 0 spiro atoms. The Hall–Kier alpha value is -3.53. The second-order valence-electron chi connectivity index (χ2n) is 9.45. The number of thiazole rings is 1. The van der Waals surface area contributed by atoms with E-state index >= 15 is 0 Å². The van der Waals surface area contributed by atoms with Crippen molar-refractivity contribution < 1.29 is 19.1 Å². The molecule has 1 N–H and O–H groups in total. The molecule has 2 amide bonds. The fourth-order valence-electron chi connectivity index (χ4n) is 5.17. The van der Waals surface area contributed by atoms with E-state index in [9.17, 15) is 23.9 Å². The predicted octanol–water partition coefficient (Wildman–Crippen LogP) is 3.26. The minimum absolute atomic E-state index is 0.111. The van der Waals surface area contributed by atoms with Crippen LogP contribution < -0.4 is 5.43 Å². The first-order valence-electron chi connectivity index (χ1n) is 12.0. The van der Waals surface area contributed by atoms with Crippen LogP contribution in [0.1, 0.15) is 47.6 Å². The number of rotatable bonds is 5. The zero-order valence-corrected chi connectivity index (χ0v) is 21.0. The van der Waals surface area contributed by atoms with Gasteiger partial charge in [0, 0.05) is 43.3 Å². The number of aromatic nitrogens is 2. The summed E-state index contributed by atoms with van der Waals surface area (Å²) in [5.41, 5.74) is -0.861. The van der Waals surface area contributed by atoms with Crippen LogP contribution in [0.3, 0.4) is 0 Å². The molecule has 0 unspecified atom stereocenters. The normalized spacial score (nSPS) is 19.6. The summed E-state index contributed by atoms with van der Waals surface area (Å²) in [7, 11) is 0. The number of halogens is 1. The van der Waals surface area contributed by atoms with Gasteiger partial charge in [-0.2, -0.15) is 0 Å². The van der Waals surface area contributed by atoms with Gasteiger partial charge in [-0.05, 0) is 44.4 Å². The second-order valence-corrected chi connectivity index (χ2v) is 10.6. The average molecular weight is 511 g/mol. The molecular weight excluding hydrogens is 483 g/mol. The third kappa shape index (κ3) is 3.99. The third-order valence-corrected chi connectivity index (χ3v) is 8.05. The number of likely N-dealkylation sites (tertiary alicyclic amines) is 1. The van der Waals surface area contributed by atoms with Crippen molar-refractivity contribution in [2.45, 2.75) is 45.2 Å². The summed E-state index contributed by atoms with van der Waals surface area (Å²) in [4.78, 5) is 48.5. The first kappa shape index (κ1) is 24.2. The van der Waals surface area contributed by atoms with Crippen molar-refractivity contribution in [3.05, 3.63) is 68.8 Å². The van der Waals surface area contributed by atoms with E-state index in [1.807, 2.05) is 0 Å². The molecule has 2 aromatic heterocycles. The molecule has 1 fully saturated rings. The van der Waals surface area contributed by atoms with Crippen LogP contribution in [-0.4, -0.2) is 61.4 Å². The molecule has 2 aliphatic rings. The van der Waals surface area contributed by atoms with Crippen molar-refractivity contribution in [3.8, 4) is 16.3 Å². The first-order chi connectivity index (χ1) is 17.2. The molecule has 1 saturated heterocycles. The Kier molecular flexibility index (Phi) is 6.15. The second kappa shape index (κ2) is 9.16. The van der Waals surface area contributed by atoms with Gasteiger partial charge in [-0.15, -0.1) is 11.3 Å². The van der Waals surface area contributed by atoms with Gasteiger partial charge in [0.15, 0.2) is 11.4 Å². The van der Waals surface area contributed by atoms with Crippen molar-refractivity contribution in [2.75, 3.05) is 19.6 Å². The Morgan fingerprint density at radius 2 is 1.89 bits per heavy atom. The van der Waals surface area contributed by atoms with Crippen LogP contribution >= 0.6 is 11.3 Å². The van der Waals surface area contributed by atoms with Gasteiger partial charge < -0.3 is 19.5 Å². The van der Waals surface area contributed by atoms with Crippen molar-refractivity contribution in [3.63, 3.8) is 0 Å². The topological polar surface area (TPSA) is 95.7 Å². The maximum atomic E-state index is 13.5. The lowest BCUT2D eigenvalue weighted by Crippen LogP contribution is -2.64. The minimum atomic E-state index is -1.14. The number of benzene rings is 1. The minimum Gasteiger partial charge on any atom is -0.503 e. The smallest absolute Gasteiger partial charge is 0.275 e. The van der Waals surface area contributed by atoms with Gasteiger partial charge in [-0.3, -0.25) is 14.4 Å². The van der Waals surface area contributed by atoms with Crippen molar-refractivity contribution in [1.82, 2.24) is 19.4 Å². The Balaban J connectivity index is 1.52. The molecule has 10 heteroatoms. The SMILES string of the molecule is CCN1C(=O)c2c(O)c(=O)c(-c3ncc(Cc4ccc(F)cc4)s3)cn2C[C@@]1(C)C(=O)N1CCCC1. The highest BCUT2D eigenvalue weighted by molar-refractivity contribution is 7.15. The highest BCUT2D eigenvalue weighted by Crippen LogP contribution is 2.34. The summed E-state index contributed by atoms with van der Waals surface area (Å²) in [5, 5.41) is 11.2. The van der Waals surface area contributed by atoms with Crippen LogP contribution in [0, 0.1) is 5.82 Å². The number of carbonyl (C=O) groups excluding carboxylic acids is 2. The standard InChI is InChI=1S/C26H27FN4O4S/c1-3-31-24(34)20-22(33)21(32)19(14-30(20)15-26(31,2)25(35)29-10-4-5-11-29)23-28-13-18(36-23)12-16-6-8-17(27)9-7-16/h6-9,13-14,33H,3-5,10-12,15H2,1-2H3/t26-/m0/s1. The highest BCUT2D eigenvalue weighted by atomic mass is 32.1. The van der Waals surface area contributed by atoms with Crippen molar-refractivity contribution in [1.29, 1.82) is 0 Å². The van der Waals surface area contributed by atoms with Crippen molar-refractivity contribution >= 4 is 23.2 Å². The number of amides is 2. The number of hydrogen-bond donors (Lipinski definition) is 1. The van der Waals surface area contributed by atoms with Crippen LogP contribution in [0.15, 0.2) is 41.5 Å². The summed E-state index contributed by atoms with van der Waals surface area (Å²) < 4.78 is 14.7. The Labute approximate surface area is 211 Å². The zero-order valence-electron chi connectivity index (χ0n) is 20.2. The van der Waals surface area contributed by atoms with E-state index < -0.39 is 22.6 Å². The number of likely N-dealkylation sites (N-methyl/N-ethyl adjacent to an activating group) is 1. The molecule has 5 rings (SSSR count). The number of nitrogens with zero attached hydrogens (tertiary/aromatic N) is 4. The average Bonchev–Trinajstić information content (AvgIpc) is 3.55. The molecule has 0 aliphatic carbocycles. The van der Waals surface area contributed by atoms with E-state index in [0.717, 1.165) is 23.3 Å². The fourth-order valence-corrected chi connectivity index (χ4v) is 6.13. The molecule has 0 saturated carbocycles. The Bertz CT molecular complexity index is 1390. The molecule has 2 aliphatic heterocycles. The maximum absolute atomic E-state index is 13.5. The summed E-state index contributed by atoms with van der Waals surface area (Å²) >= 11 is 1.29. The highest BCUT2D eigenvalue weighted by Gasteiger charge is 2.49. The number of hydrogen-bond acceptors (Lipinski definition) is 6. The summed E-state index contributed by atoms with van der Waals surface area (Å²) in [6.45, 7) is 5.23. The van der Waals surface area contributed by atoms with E-state index in [1.165, 1.54) is 39.1 Å². The lowest BCUT2D eigenvalue weighted by molar-refractivity contribution is -0.142. The summed E-state index contributed by atoms with van der Waals surface area (Å²) in [6.07, 6.45) is 5.55. The lowest BCUT2D eigenvalue weighted by atomic mass is 9.93. The quantitative estimate of drug-likeness (QED) is 0.569. The molecule has 8 nitrogen and oxygen atoms in total. The molecule has 0 radical (unpaired) electrons. The van der Waals surface area contributed by atoms with E-state index in [-0.39, 0.29) is 36.1 Å². The van der Waals surface area contributed by atoms with Crippen LogP contribution in [0.4, 0.5) is 4.39 Å². The van der Waals surface area contributed by atoms with Crippen LogP contribution in [0.25, 0.3) is 10.6 Å². The van der Waals surface area contributed by atoms with Gasteiger partial charge in [0.2, 0.25) is 11.3 Å². The molecular formula is C26H27FN4O4S. The van der Waals surface area contributed by atoms with E-state index in [1.54, 1.807) is 37.1 Å². The van der Waals surface area contributed by atoms with Gasteiger partial charge in [0.25, 0.3) is 5.91 Å². The summed E-state index contributed by atoms with van der Waals surface area (Å²) in [5.74, 6) is -1.62. The molecule has 36 heavy (non-hydrogen) atoms. The zero-order chi connectivity index (χ0) is 25.6. The molecule has 1 aromatic carbocycles. The van der Waals surface area contributed by atoms with Gasteiger partial charge in [0.1, 0.15) is 16.4 Å². The number of fused-ring (bicyclic) bond motifs is 1. The molecule has 4 heterocycles. The molecule has 0 bridgehead atoms. The fraction of sp³-hybridized carbons (Fsp3) is 0.385. The number of pyridine rings is 1. The molecule has 1 atom stereocenters. The maximum Gasteiger partial charge on any atom is 0.275 e. The van der Waals surface area contributed by atoms with Gasteiger partial charge in [0.05, 0.1) is 12.1 Å². The van der Waals surface area contributed by atoms with E-state index in [0.29, 0.717) is 24.5 Å². The molecule has 188 valence electrons.